The van der Waals surface area contributed by atoms with E-state index < -0.39 is 12.1 Å². The van der Waals surface area contributed by atoms with Crippen LogP contribution in [-0.4, -0.2) is 60.7 Å². The Balaban J connectivity index is 1.82. The van der Waals surface area contributed by atoms with E-state index in [0.29, 0.717) is 43.9 Å². The topological polar surface area (TPSA) is 134 Å². The van der Waals surface area contributed by atoms with E-state index in [-0.39, 0.29) is 39.3 Å². The Bertz CT molecular complexity index is 1560. The van der Waals surface area contributed by atoms with Crippen LogP contribution in [0.25, 0.3) is 11.5 Å². The highest BCUT2D eigenvalue weighted by atomic mass is 32.1. The molecule has 1 saturated heterocycles. The van der Waals surface area contributed by atoms with Crippen LogP contribution in [0.3, 0.4) is 0 Å². The number of hydrogen-bond donors (Lipinski definition) is 2. The molecule has 2 amide bonds. The molecule has 3 rings (SSSR count). The molecule has 0 spiro atoms. The van der Waals surface area contributed by atoms with Crippen molar-refractivity contribution in [2.75, 3.05) is 43.4 Å². The Hall–Kier alpha value is -4.44. The summed E-state index contributed by atoms with van der Waals surface area (Å²) < 4.78 is 15.3. The number of halogens is 1. The number of anilines is 2. The van der Waals surface area contributed by atoms with Gasteiger partial charge in [-0.25, -0.2) is 4.39 Å². The van der Waals surface area contributed by atoms with Crippen molar-refractivity contribution in [2.24, 2.45) is 0 Å². The molecule has 2 aromatic rings. The molecule has 1 aromatic heterocycles. The summed E-state index contributed by atoms with van der Waals surface area (Å²) in [5.74, 6) is -0.849. The highest BCUT2D eigenvalue weighted by Gasteiger charge is 2.22. The van der Waals surface area contributed by atoms with Gasteiger partial charge in [0.15, 0.2) is 5.57 Å². The van der Waals surface area contributed by atoms with Crippen molar-refractivity contribution in [1.29, 1.82) is 10.5 Å². The number of carbonyl (C=O) groups excluding carboxylic acids is 2. The van der Waals surface area contributed by atoms with Crippen LogP contribution in [0.1, 0.15) is 19.8 Å². The molecule has 1 aliphatic rings. The van der Waals surface area contributed by atoms with E-state index in [2.05, 4.69) is 22.1 Å². The maximum Gasteiger partial charge on any atom is 0.277 e. The fraction of sp³-hybridized carbons (Fsp3) is 0.370. The largest absolute Gasteiger partial charge is 0.355 e. The van der Waals surface area contributed by atoms with E-state index in [0.717, 1.165) is 11.3 Å². The number of likely N-dealkylation sites (tertiary alicyclic amines) is 1. The number of nitrogens with one attached hydrogen (secondary N) is 2. The predicted octanol–water partition coefficient (Wildman–Crippen LogP) is 0.801. The summed E-state index contributed by atoms with van der Waals surface area (Å²) in [6.07, 6.45) is 1.56. The minimum atomic E-state index is -0.793. The van der Waals surface area contributed by atoms with Gasteiger partial charge in [0, 0.05) is 44.3 Å². The van der Waals surface area contributed by atoms with Gasteiger partial charge in [-0.3, -0.25) is 23.9 Å². The van der Waals surface area contributed by atoms with Gasteiger partial charge in [-0.15, -0.1) is 0 Å². The van der Waals surface area contributed by atoms with E-state index in [9.17, 15) is 24.0 Å². The zero-order valence-corrected chi connectivity index (χ0v) is 22.5. The van der Waals surface area contributed by atoms with Gasteiger partial charge in [-0.1, -0.05) is 28.9 Å². The molecule has 202 valence electrons. The van der Waals surface area contributed by atoms with Crippen LogP contribution in [0, 0.1) is 22.7 Å². The average molecular weight is 550 g/mol. The maximum absolute atomic E-state index is 13.4. The van der Waals surface area contributed by atoms with Gasteiger partial charge in [0.2, 0.25) is 5.91 Å². The molecule has 2 N–H and O–H groups in total. The van der Waals surface area contributed by atoms with Crippen molar-refractivity contribution in [3.8, 4) is 12.1 Å². The predicted molar refractivity (Wildman–Crippen MR) is 147 cm³/mol. The molecular formula is C27H28FN7O3S. The average Bonchev–Trinajstić information content (AvgIpc) is 3.24. The summed E-state index contributed by atoms with van der Waals surface area (Å²) in [6, 6.07) is 10.7. The molecule has 1 aromatic carbocycles. The second-order valence-electron chi connectivity index (χ2n) is 8.63. The maximum atomic E-state index is 13.4. The third kappa shape index (κ3) is 7.78. The van der Waals surface area contributed by atoms with Crippen LogP contribution >= 0.6 is 11.3 Å². The molecule has 1 fully saturated rings. The number of likely N-dealkylation sites (N-methyl/N-ethyl adjacent to an activating group) is 1. The van der Waals surface area contributed by atoms with Crippen LogP contribution in [0.15, 0.2) is 40.8 Å². The van der Waals surface area contributed by atoms with Crippen LogP contribution in [0.4, 0.5) is 15.8 Å². The number of amides is 2. The Morgan fingerprint density at radius 2 is 2.03 bits per heavy atom. The molecular weight excluding hydrogens is 521 g/mol. The number of thiazole rings is 1. The summed E-state index contributed by atoms with van der Waals surface area (Å²) in [4.78, 5) is 41.1. The number of piperidine rings is 1. The lowest BCUT2D eigenvalue weighted by atomic mass is 10.1. The Morgan fingerprint density at radius 3 is 2.69 bits per heavy atom. The van der Waals surface area contributed by atoms with Crippen LogP contribution in [-0.2, 0) is 16.1 Å². The second-order valence-corrected chi connectivity index (χ2v) is 9.62. The second kappa shape index (κ2) is 13.9. The SMILES string of the molecule is CCn1c(=C=C(C#N)C(=O)NCC#N)sc(=C=CNc2cccc(N(C)C(=O)CN3CCC(F)CC3)c2)c1=O. The van der Waals surface area contributed by atoms with Gasteiger partial charge in [0.05, 0.1) is 12.6 Å². The molecule has 0 aliphatic carbocycles. The highest BCUT2D eigenvalue weighted by Crippen LogP contribution is 2.19. The van der Waals surface area contributed by atoms with E-state index >= 15 is 0 Å². The van der Waals surface area contributed by atoms with Gasteiger partial charge in [-0.05, 0) is 38.0 Å². The van der Waals surface area contributed by atoms with Crippen molar-refractivity contribution in [3.05, 3.63) is 55.6 Å². The quantitative estimate of drug-likeness (QED) is 0.283. The van der Waals surface area contributed by atoms with Gasteiger partial charge in [0.25, 0.3) is 11.5 Å². The standard InChI is InChI=1S/C27H28FN7O3S/c1-3-35-25(15-19(17-30)26(37)32-12-10-29)39-23(27(35)38)7-11-31-21-5-4-6-22(16-21)33(2)24(36)18-34-13-8-20(28)9-14-34/h4-6,11,16,20,31H,3,8-9,12-14,18H2,1-2H3,(H,32,37). The van der Waals surface area contributed by atoms with Crippen molar-refractivity contribution in [1.82, 2.24) is 14.8 Å². The molecule has 0 unspecified atom stereocenters. The summed E-state index contributed by atoms with van der Waals surface area (Å²) in [6.45, 7) is 3.13. The lowest BCUT2D eigenvalue weighted by Crippen LogP contribution is -2.42. The molecule has 0 saturated carbocycles. The Morgan fingerprint density at radius 1 is 1.28 bits per heavy atom. The molecule has 0 radical (unpaired) electrons. The fourth-order valence-electron chi connectivity index (χ4n) is 3.82. The lowest BCUT2D eigenvalue weighted by Gasteiger charge is -2.29. The lowest BCUT2D eigenvalue weighted by molar-refractivity contribution is -0.120. The number of aromatic nitrogens is 1. The van der Waals surface area contributed by atoms with Crippen LogP contribution in [0.2, 0.25) is 0 Å². The highest BCUT2D eigenvalue weighted by molar-refractivity contribution is 7.07. The van der Waals surface area contributed by atoms with Crippen LogP contribution < -0.4 is 30.3 Å². The molecule has 0 atom stereocenters. The number of nitriles is 2. The van der Waals surface area contributed by atoms with Crippen molar-refractivity contribution < 1.29 is 14.0 Å². The number of rotatable bonds is 8. The number of nitrogens with zero attached hydrogens (tertiary/aromatic N) is 5. The molecule has 0 bridgehead atoms. The normalized spacial score (nSPS) is 13.3. The minimum Gasteiger partial charge on any atom is -0.355 e. The summed E-state index contributed by atoms with van der Waals surface area (Å²) in [5, 5.41) is 23.2. The van der Waals surface area contributed by atoms with E-state index in [4.69, 9.17) is 5.26 Å². The third-order valence-corrected chi connectivity index (χ3v) is 7.04. The number of carbonyl (C=O) groups is 2. The number of benzene rings is 1. The van der Waals surface area contributed by atoms with Crippen molar-refractivity contribution in [3.63, 3.8) is 0 Å². The molecule has 1 aliphatic heterocycles. The first-order valence-electron chi connectivity index (χ1n) is 12.3. The zero-order chi connectivity index (χ0) is 28.4. The van der Waals surface area contributed by atoms with Crippen molar-refractivity contribution >= 4 is 46.0 Å². The first-order valence-corrected chi connectivity index (χ1v) is 13.1. The third-order valence-electron chi connectivity index (χ3n) is 6.02. The summed E-state index contributed by atoms with van der Waals surface area (Å²) in [7, 11) is 1.69. The van der Waals surface area contributed by atoms with Crippen LogP contribution in [0.5, 0.6) is 0 Å². The molecule has 12 heteroatoms. The Kier molecular flexibility index (Phi) is 10.4. The van der Waals surface area contributed by atoms with Gasteiger partial charge in [-0.2, -0.15) is 10.5 Å². The summed E-state index contributed by atoms with van der Waals surface area (Å²) in [5.41, 5.74) is 6.20. The van der Waals surface area contributed by atoms with Gasteiger partial charge >= 0.3 is 0 Å². The minimum absolute atomic E-state index is 0.0971. The van der Waals surface area contributed by atoms with Crippen molar-refractivity contribution in [2.45, 2.75) is 32.5 Å². The molecule has 39 heavy (non-hydrogen) atoms. The number of hydrogen-bond acceptors (Lipinski definition) is 8. The summed E-state index contributed by atoms with van der Waals surface area (Å²) >= 11 is 1.02. The monoisotopic (exact) mass is 549 g/mol. The first kappa shape index (κ1) is 29.1. The molecule has 2 heterocycles. The smallest absolute Gasteiger partial charge is 0.277 e. The van der Waals surface area contributed by atoms with E-state index in [1.165, 1.54) is 10.8 Å². The van der Waals surface area contributed by atoms with E-state index in [1.807, 2.05) is 4.90 Å². The first-order chi connectivity index (χ1) is 18.8. The molecule has 10 nitrogen and oxygen atoms in total. The van der Waals surface area contributed by atoms with Gasteiger partial charge in [0.1, 0.15) is 28.0 Å². The fourth-order valence-corrected chi connectivity index (χ4v) is 4.81. The Labute approximate surface area is 228 Å². The zero-order valence-electron chi connectivity index (χ0n) is 21.7. The van der Waals surface area contributed by atoms with E-state index in [1.54, 1.807) is 55.3 Å². The van der Waals surface area contributed by atoms with Gasteiger partial charge < -0.3 is 15.5 Å². The number of alkyl halides is 1.